The summed E-state index contributed by atoms with van der Waals surface area (Å²) in [7, 11) is 0. The Morgan fingerprint density at radius 3 is 2.59 bits per heavy atom. The first-order chi connectivity index (χ1) is 10.5. The highest BCUT2D eigenvalue weighted by molar-refractivity contribution is 5.94. The number of rotatable bonds is 7. The standard InChI is InChI=1S/C16H20N2O4/c1-3-6-15(20)17-9-5-10-18-16(21)13-7-4-8-14(11-13)22-12(2)19/h3-4,6-8,11H,5,9-10H2,1-2H3,(H,17,20)(H,18,21)/b6-3+. The van der Waals surface area contributed by atoms with Gasteiger partial charge in [0.15, 0.2) is 0 Å². The lowest BCUT2D eigenvalue weighted by atomic mass is 10.2. The van der Waals surface area contributed by atoms with Crippen LogP contribution in [0.3, 0.4) is 0 Å². The van der Waals surface area contributed by atoms with Gasteiger partial charge in [-0.2, -0.15) is 0 Å². The quantitative estimate of drug-likeness (QED) is 0.345. The van der Waals surface area contributed by atoms with Gasteiger partial charge in [-0.05, 0) is 37.6 Å². The molecule has 6 nitrogen and oxygen atoms in total. The van der Waals surface area contributed by atoms with E-state index in [0.717, 1.165) is 0 Å². The van der Waals surface area contributed by atoms with Crippen molar-refractivity contribution in [2.75, 3.05) is 13.1 Å². The first kappa shape index (κ1) is 17.4. The van der Waals surface area contributed by atoms with Crippen molar-refractivity contribution in [3.8, 4) is 5.75 Å². The third-order valence-electron chi connectivity index (χ3n) is 2.61. The molecule has 1 aromatic rings. The van der Waals surface area contributed by atoms with Crippen LogP contribution < -0.4 is 15.4 Å². The zero-order valence-electron chi connectivity index (χ0n) is 12.7. The zero-order valence-corrected chi connectivity index (χ0v) is 12.7. The SMILES string of the molecule is C/C=C/C(=O)NCCCNC(=O)c1cccc(OC(C)=O)c1. The van der Waals surface area contributed by atoms with Gasteiger partial charge in [0.2, 0.25) is 5.91 Å². The van der Waals surface area contributed by atoms with Gasteiger partial charge in [0, 0.05) is 25.6 Å². The highest BCUT2D eigenvalue weighted by Gasteiger charge is 2.07. The fraction of sp³-hybridized carbons (Fsp3) is 0.312. The Morgan fingerprint density at radius 2 is 1.91 bits per heavy atom. The summed E-state index contributed by atoms with van der Waals surface area (Å²) < 4.78 is 4.92. The average molecular weight is 304 g/mol. The molecule has 0 unspecified atom stereocenters. The van der Waals surface area contributed by atoms with Crippen LogP contribution in [0.5, 0.6) is 5.75 Å². The van der Waals surface area contributed by atoms with Gasteiger partial charge >= 0.3 is 5.97 Å². The minimum Gasteiger partial charge on any atom is -0.427 e. The van der Waals surface area contributed by atoms with E-state index < -0.39 is 5.97 Å². The number of hydrogen-bond donors (Lipinski definition) is 2. The highest BCUT2D eigenvalue weighted by atomic mass is 16.5. The molecule has 1 rings (SSSR count). The summed E-state index contributed by atoms with van der Waals surface area (Å²) in [6.45, 7) is 3.99. The molecule has 2 amide bonds. The molecule has 0 saturated heterocycles. The molecule has 0 fully saturated rings. The fourth-order valence-corrected chi connectivity index (χ4v) is 1.68. The molecule has 0 atom stereocenters. The van der Waals surface area contributed by atoms with Crippen molar-refractivity contribution in [2.45, 2.75) is 20.3 Å². The van der Waals surface area contributed by atoms with Crippen molar-refractivity contribution in [1.82, 2.24) is 10.6 Å². The van der Waals surface area contributed by atoms with Gasteiger partial charge in [-0.1, -0.05) is 12.1 Å². The Labute approximate surface area is 129 Å². The van der Waals surface area contributed by atoms with E-state index in [2.05, 4.69) is 10.6 Å². The molecule has 118 valence electrons. The van der Waals surface area contributed by atoms with Gasteiger partial charge in [-0.25, -0.2) is 0 Å². The Morgan fingerprint density at radius 1 is 1.18 bits per heavy atom. The van der Waals surface area contributed by atoms with E-state index in [-0.39, 0.29) is 11.8 Å². The molecule has 0 aliphatic heterocycles. The summed E-state index contributed by atoms with van der Waals surface area (Å²) in [5, 5.41) is 5.43. The van der Waals surface area contributed by atoms with Crippen LogP contribution in [-0.2, 0) is 9.59 Å². The van der Waals surface area contributed by atoms with E-state index in [4.69, 9.17) is 4.74 Å². The molecule has 6 heteroatoms. The van der Waals surface area contributed by atoms with Crippen LogP contribution in [0.4, 0.5) is 0 Å². The first-order valence-electron chi connectivity index (χ1n) is 7.00. The third-order valence-corrected chi connectivity index (χ3v) is 2.61. The van der Waals surface area contributed by atoms with Crippen LogP contribution in [0.2, 0.25) is 0 Å². The maximum atomic E-state index is 11.9. The molecular formula is C16H20N2O4. The minimum atomic E-state index is -0.436. The monoisotopic (exact) mass is 304 g/mol. The summed E-state index contributed by atoms with van der Waals surface area (Å²) in [5.41, 5.74) is 0.414. The maximum Gasteiger partial charge on any atom is 0.308 e. The van der Waals surface area contributed by atoms with Gasteiger partial charge in [-0.3, -0.25) is 14.4 Å². The Bertz CT molecular complexity index is 567. The van der Waals surface area contributed by atoms with Gasteiger partial charge < -0.3 is 15.4 Å². The molecule has 0 saturated carbocycles. The Kier molecular flexibility index (Phi) is 7.39. The summed E-state index contributed by atoms with van der Waals surface area (Å²) in [4.78, 5) is 34.0. The van der Waals surface area contributed by atoms with Gasteiger partial charge in [0.1, 0.15) is 5.75 Å². The second-order valence-electron chi connectivity index (χ2n) is 4.52. The number of carbonyl (C=O) groups excluding carboxylic acids is 3. The van der Waals surface area contributed by atoms with Gasteiger partial charge in [-0.15, -0.1) is 0 Å². The number of nitrogens with one attached hydrogen (secondary N) is 2. The molecule has 1 aromatic carbocycles. The van der Waals surface area contributed by atoms with E-state index in [1.807, 2.05) is 0 Å². The van der Waals surface area contributed by atoms with E-state index in [1.165, 1.54) is 19.1 Å². The Hall–Kier alpha value is -2.63. The van der Waals surface area contributed by atoms with Crippen LogP contribution in [0, 0.1) is 0 Å². The molecular weight excluding hydrogens is 284 g/mol. The summed E-state index contributed by atoms with van der Waals surface area (Å²) in [6, 6.07) is 6.39. The zero-order chi connectivity index (χ0) is 16.4. The first-order valence-corrected chi connectivity index (χ1v) is 7.00. The topological polar surface area (TPSA) is 84.5 Å². The molecule has 2 N–H and O–H groups in total. The van der Waals surface area contributed by atoms with E-state index >= 15 is 0 Å². The largest absolute Gasteiger partial charge is 0.427 e. The predicted molar refractivity (Wildman–Crippen MR) is 82.5 cm³/mol. The summed E-state index contributed by atoms with van der Waals surface area (Å²) >= 11 is 0. The van der Waals surface area contributed by atoms with Crippen LogP contribution in [0.1, 0.15) is 30.6 Å². The molecule has 0 aliphatic carbocycles. The molecule has 0 aromatic heterocycles. The van der Waals surface area contributed by atoms with Crippen molar-refractivity contribution >= 4 is 17.8 Å². The molecule has 22 heavy (non-hydrogen) atoms. The van der Waals surface area contributed by atoms with Crippen LogP contribution in [0.25, 0.3) is 0 Å². The van der Waals surface area contributed by atoms with Crippen molar-refractivity contribution < 1.29 is 19.1 Å². The number of amides is 2. The lowest BCUT2D eigenvalue weighted by molar-refractivity contribution is -0.131. The smallest absolute Gasteiger partial charge is 0.308 e. The van der Waals surface area contributed by atoms with Crippen molar-refractivity contribution in [1.29, 1.82) is 0 Å². The predicted octanol–water partition coefficient (Wildman–Crippen LogP) is 1.42. The Balaban J connectivity index is 2.36. The highest BCUT2D eigenvalue weighted by Crippen LogP contribution is 2.13. The van der Waals surface area contributed by atoms with Crippen LogP contribution >= 0.6 is 0 Å². The lowest BCUT2D eigenvalue weighted by Gasteiger charge is -2.07. The van der Waals surface area contributed by atoms with Gasteiger partial charge in [0.25, 0.3) is 5.91 Å². The lowest BCUT2D eigenvalue weighted by Crippen LogP contribution is -2.29. The number of esters is 1. The normalized spacial score (nSPS) is 10.3. The molecule has 0 bridgehead atoms. The maximum absolute atomic E-state index is 11.9. The molecule has 0 aliphatic rings. The van der Waals surface area contributed by atoms with E-state index in [0.29, 0.717) is 30.8 Å². The minimum absolute atomic E-state index is 0.150. The molecule has 0 spiro atoms. The number of carbonyl (C=O) groups is 3. The van der Waals surface area contributed by atoms with Crippen molar-refractivity contribution in [2.24, 2.45) is 0 Å². The molecule has 0 radical (unpaired) electrons. The second-order valence-corrected chi connectivity index (χ2v) is 4.52. The van der Waals surface area contributed by atoms with Crippen LogP contribution in [-0.4, -0.2) is 30.9 Å². The molecule has 0 heterocycles. The van der Waals surface area contributed by atoms with E-state index in [1.54, 1.807) is 31.2 Å². The summed E-state index contributed by atoms with van der Waals surface area (Å²) in [6.07, 6.45) is 3.73. The van der Waals surface area contributed by atoms with E-state index in [9.17, 15) is 14.4 Å². The van der Waals surface area contributed by atoms with Crippen LogP contribution in [0.15, 0.2) is 36.4 Å². The van der Waals surface area contributed by atoms with Crippen molar-refractivity contribution in [3.63, 3.8) is 0 Å². The third kappa shape index (κ3) is 6.69. The fourth-order valence-electron chi connectivity index (χ4n) is 1.68. The van der Waals surface area contributed by atoms with Gasteiger partial charge in [0.05, 0.1) is 0 Å². The number of hydrogen-bond acceptors (Lipinski definition) is 4. The second kappa shape index (κ2) is 9.33. The number of allylic oxidation sites excluding steroid dienone is 1. The average Bonchev–Trinajstić information content (AvgIpc) is 2.46. The number of benzene rings is 1. The summed E-state index contributed by atoms with van der Waals surface area (Å²) in [5.74, 6) is -0.509. The number of ether oxygens (including phenoxy) is 1. The van der Waals surface area contributed by atoms with Crippen molar-refractivity contribution in [3.05, 3.63) is 42.0 Å².